The van der Waals surface area contributed by atoms with Gasteiger partial charge < -0.3 is 0 Å². The fourth-order valence-electron chi connectivity index (χ4n) is 2.56. The summed E-state index contributed by atoms with van der Waals surface area (Å²) in [6, 6.07) is 7.05. The van der Waals surface area contributed by atoms with Crippen LogP contribution in [0.25, 0.3) is 0 Å². The van der Waals surface area contributed by atoms with Gasteiger partial charge in [-0.3, -0.25) is 9.10 Å². The molecule has 1 amide bonds. The van der Waals surface area contributed by atoms with Gasteiger partial charge in [0.05, 0.1) is 11.9 Å². The van der Waals surface area contributed by atoms with Crippen molar-refractivity contribution in [2.75, 3.05) is 17.1 Å². The number of sulfonamides is 1. The van der Waals surface area contributed by atoms with Crippen molar-refractivity contribution in [2.24, 2.45) is 5.10 Å². The van der Waals surface area contributed by atoms with Gasteiger partial charge in [0.25, 0.3) is 5.91 Å². The minimum Gasteiger partial charge on any atom is -0.271 e. The molecule has 1 aliphatic carbocycles. The number of anilines is 1. The molecule has 0 spiro atoms. The van der Waals surface area contributed by atoms with Crippen molar-refractivity contribution in [3.63, 3.8) is 0 Å². The van der Waals surface area contributed by atoms with E-state index in [1.807, 2.05) is 13.0 Å². The van der Waals surface area contributed by atoms with Gasteiger partial charge >= 0.3 is 0 Å². The summed E-state index contributed by atoms with van der Waals surface area (Å²) in [6.45, 7) is 1.60. The lowest BCUT2D eigenvalue weighted by atomic mass is 9.99. The Labute approximate surface area is 137 Å². The van der Waals surface area contributed by atoms with Crippen molar-refractivity contribution in [1.29, 1.82) is 0 Å². The molecular weight excluding hydrogens is 314 g/mol. The van der Waals surface area contributed by atoms with E-state index >= 15 is 0 Å². The highest BCUT2D eigenvalue weighted by Crippen LogP contribution is 2.18. The zero-order chi connectivity index (χ0) is 16.9. The Bertz CT molecular complexity index is 690. The van der Waals surface area contributed by atoms with Crippen molar-refractivity contribution in [2.45, 2.75) is 39.0 Å². The summed E-state index contributed by atoms with van der Waals surface area (Å²) in [5, 5.41) is 4.13. The molecule has 7 heteroatoms. The molecule has 0 saturated heterocycles. The van der Waals surface area contributed by atoms with Crippen molar-refractivity contribution < 1.29 is 13.2 Å². The van der Waals surface area contributed by atoms with E-state index in [4.69, 9.17) is 0 Å². The summed E-state index contributed by atoms with van der Waals surface area (Å²) in [6.07, 6.45) is 6.26. The van der Waals surface area contributed by atoms with E-state index in [1.165, 1.54) is 6.42 Å². The Morgan fingerprint density at radius 3 is 2.57 bits per heavy atom. The van der Waals surface area contributed by atoms with E-state index in [1.54, 1.807) is 18.2 Å². The van der Waals surface area contributed by atoms with Gasteiger partial charge in [-0.05, 0) is 50.3 Å². The number of nitrogens with zero attached hydrogens (tertiary/aromatic N) is 2. The van der Waals surface area contributed by atoms with E-state index < -0.39 is 15.9 Å². The molecule has 0 bridgehead atoms. The standard InChI is InChI=1S/C16H23N3O3S/c1-13-7-6-10-15(11-13)19(23(2,21)22)12-16(20)18-17-14-8-4-3-5-9-14/h6-7,10-11H,3-5,8-9,12H2,1-2H3,(H,18,20). The van der Waals surface area contributed by atoms with Crippen LogP contribution in [-0.2, 0) is 14.8 Å². The molecule has 1 N–H and O–H groups in total. The van der Waals surface area contributed by atoms with Crippen molar-refractivity contribution in [3.05, 3.63) is 29.8 Å². The molecule has 1 aromatic rings. The summed E-state index contributed by atoms with van der Waals surface area (Å²) in [7, 11) is -3.55. The van der Waals surface area contributed by atoms with Crippen LogP contribution in [0, 0.1) is 6.92 Å². The average Bonchev–Trinajstić information content (AvgIpc) is 2.50. The third-order valence-corrected chi connectivity index (χ3v) is 4.89. The Morgan fingerprint density at radius 2 is 1.96 bits per heavy atom. The summed E-state index contributed by atoms with van der Waals surface area (Å²) < 4.78 is 25.1. The van der Waals surface area contributed by atoms with Crippen LogP contribution in [0.3, 0.4) is 0 Å². The first-order valence-corrected chi connectivity index (χ1v) is 9.60. The molecule has 0 unspecified atom stereocenters. The smallest absolute Gasteiger partial charge is 0.260 e. The molecule has 1 fully saturated rings. The number of hydrogen-bond donors (Lipinski definition) is 1. The van der Waals surface area contributed by atoms with E-state index in [0.717, 1.165) is 47.5 Å². The second-order valence-corrected chi connectivity index (χ2v) is 7.79. The number of hydrogen-bond acceptors (Lipinski definition) is 4. The van der Waals surface area contributed by atoms with Crippen molar-refractivity contribution in [1.82, 2.24) is 5.43 Å². The predicted octanol–water partition coefficient (Wildman–Crippen LogP) is 2.20. The number of nitrogens with one attached hydrogen (secondary N) is 1. The highest BCUT2D eigenvalue weighted by Gasteiger charge is 2.21. The van der Waals surface area contributed by atoms with Gasteiger partial charge in [0.15, 0.2) is 0 Å². The topological polar surface area (TPSA) is 78.8 Å². The first-order valence-electron chi connectivity index (χ1n) is 7.75. The van der Waals surface area contributed by atoms with Crippen LogP contribution >= 0.6 is 0 Å². The Kier molecular flexibility index (Phi) is 5.76. The van der Waals surface area contributed by atoms with Gasteiger partial charge in [0.2, 0.25) is 10.0 Å². The number of amides is 1. The second-order valence-electron chi connectivity index (χ2n) is 5.88. The maximum atomic E-state index is 12.1. The Balaban J connectivity index is 2.07. The van der Waals surface area contributed by atoms with Crippen LogP contribution in [0.15, 0.2) is 29.4 Å². The number of rotatable bonds is 5. The van der Waals surface area contributed by atoms with Crippen LogP contribution in [-0.4, -0.2) is 32.8 Å². The molecule has 1 saturated carbocycles. The second kappa shape index (κ2) is 7.59. The molecule has 23 heavy (non-hydrogen) atoms. The molecule has 0 aromatic heterocycles. The fraction of sp³-hybridized carbons (Fsp3) is 0.500. The van der Waals surface area contributed by atoms with E-state index in [-0.39, 0.29) is 6.54 Å². The van der Waals surface area contributed by atoms with Crippen LogP contribution in [0.5, 0.6) is 0 Å². The number of aryl methyl sites for hydroxylation is 1. The lowest BCUT2D eigenvalue weighted by molar-refractivity contribution is -0.119. The Morgan fingerprint density at radius 1 is 1.26 bits per heavy atom. The van der Waals surface area contributed by atoms with E-state index in [2.05, 4.69) is 10.5 Å². The first kappa shape index (κ1) is 17.5. The third kappa shape index (κ3) is 5.35. The molecule has 2 rings (SSSR count). The third-order valence-electron chi connectivity index (χ3n) is 3.75. The van der Waals surface area contributed by atoms with Crippen molar-refractivity contribution >= 4 is 27.3 Å². The molecule has 1 aliphatic rings. The molecule has 0 atom stereocenters. The lowest BCUT2D eigenvalue weighted by Gasteiger charge is -2.22. The monoisotopic (exact) mass is 337 g/mol. The number of carbonyl (C=O) groups is 1. The number of hydrazone groups is 1. The maximum absolute atomic E-state index is 12.1. The van der Waals surface area contributed by atoms with Crippen LogP contribution in [0.1, 0.15) is 37.7 Å². The quantitative estimate of drug-likeness (QED) is 0.837. The molecule has 0 aliphatic heterocycles. The largest absolute Gasteiger partial charge is 0.271 e. The lowest BCUT2D eigenvalue weighted by Crippen LogP contribution is -2.39. The Hall–Kier alpha value is -1.89. The van der Waals surface area contributed by atoms with Crippen LogP contribution < -0.4 is 9.73 Å². The zero-order valence-electron chi connectivity index (χ0n) is 13.6. The molecule has 6 nitrogen and oxygen atoms in total. The number of benzene rings is 1. The summed E-state index contributed by atoms with van der Waals surface area (Å²) in [5.74, 6) is -0.435. The van der Waals surface area contributed by atoms with Crippen LogP contribution in [0.4, 0.5) is 5.69 Å². The fourth-order valence-corrected chi connectivity index (χ4v) is 3.41. The van der Waals surface area contributed by atoms with Crippen molar-refractivity contribution in [3.8, 4) is 0 Å². The van der Waals surface area contributed by atoms with Crippen LogP contribution in [0.2, 0.25) is 0 Å². The highest BCUT2D eigenvalue weighted by atomic mass is 32.2. The summed E-state index contributed by atoms with van der Waals surface area (Å²) in [4.78, 5) is 12.1. The minimum absolute atomic E-state index is 0.279. The average molecular weight is 337 g/mol. The first-order chi connectivity index (χ1) is 10.9. The highest BCUT2D eigenvalue weighted by molar-refractivity contribution is 7.92. The molecule has 1 aromatic carbocycles. The summed E-state index contributed by atoms with van der Waals surface area (Å²) in [5.41, 5.74) is 4.87. The van der Waals surface area contributed by atoms with Gasteiger partial charge in [-0.25, -0.2) is 13.8 Å². The van der Waals surface area contributed by atoms with Gasteiger partial charge in [-0.2, -0.15) is 5.10 Å². The SMILES string of the molecule is Cc1cccc(N(CC(=O)NN=C2CCCCC2)S(C)(=O)=O)c1. The zero-order valence-corrected chi connectivity index (χ0v) is 14.4. The van der Waals surface area contributed by atoms with Gasteiger partial charge in [-0.1, -0.05) is 18.6 Å². The van der Waals surface area contributed by atoms with Gasteiger partial charge in [0, 0.05) is 5.71 Å². The number of carbonyl (C=O) groups excluding carboxylic acids is 1. The molecule has 126 valence electrons. The minimum atomic E-state index is -3.55. The molecule has 0 heterocycles. The van der Waals surface area contributed by atoms with Gasteiger partial charge in [-0.15, -0.1) is 0 Å². The van der Waals surface area contributed by atoms with Gasteiger partial charge in [0.1, 0.15) is 6.54 Å². The maximum Gasteiger partial charge on any atom is 0.260 e. The van der Waals surface area contributed by atoms with E-state index in [0.29, 0.717) is 5.69 Å². The molecule has 0 radical (unpaired) electrons. The normalized spacial score (nSPS) is 15.1. The molecular formula is C16H23N3O3S. The van der Waals surface area contributed by atoms with E-state index in [9.17, 15) is 13.2 Å². The summed E-state index contributed by atoms with van der Waals surface area (Å²) >= 11 is 0. The predicted molar refractivity (Wildman–Crippen MR) is 92.0 cm³/mol.